The summed E-state index contributed by atoms with van der Waals surface area (Å²) in [7, 11) is 0. The van der Waals surface area contributed by atoms with Crippen LogP contribution in [0.15, 0.2) is 36.7 Å². The first-order valence-corrected chi connectivity index (χ1v) is 7.01. The molecule has 3 nitrogen and oxygen atoms in total. The Labute approximate surface area is 119 Å². The van der Waals surface area contributed by atoms with Crippen molar-refractivity contribution in [2.75, 3.05) is 0 Å². The Morgan fingerprint density at radius 3 is 2.37 bits per heavy atom. The zero-order valence-corrected chi connectivity index (χ0v) is 12.4. The van der Waals surface area contributed by atoms with E-state index in [4.69, 9.17) is 11.6 Å². The summed E-state index contributed by atoms with van der Waals surface area (Å²) in [5.74, 6) is 0. The molecule has 0 spiro atoms. The average molecular weight is 278 g/mol. The standard InChI is InChI=1S/C15H20ClN3/c1-4-19-10-14(9-17-19)12(3)18-11(2)13-5-7-15(16)8-6-13/h5-12,18H,4H2,1-3H3. The first-order chi connectivity index (χ1) is 9.10. The number of aromatic nitrogens is 2. The van der Waals surface area contributed by atoms with Gasteiger partial charge in [-0.3, -0.25) is 4.68 Å². The predicted octanol–water partition coefficient (Wildman–Crippen LogP) is 3.97. The van der Waals surface area contributed by atoms with Crippen molar-refractivity contribution in [3.05, 3.63) is 52.8 Å². The molecular weight excluding hydrogens is 258 g/mol. The molecule has 0 bridgehead atoms. The first kappa shape index (κ1) is 14.1. The van der Waals surface area contributed by atoms with Gasteiger partial charge in [0.15, 0.2) is 0 Å². The Morgan fingerprint density at radius 2 is 1.79 bits per heavy atom. The number of hydrogen-bond acceptors (Lipinski definition) is 2. The number of benzene rings is 1. The van der Waals surface area contributed by atoms with Gasteiger partial charge >= 0.3 is 0 Å². The molecule has 0 saturated carbocycles. The van der Waals surface area contributed by atoms with Crippen molar-refractivity contribution in [2.24, 2.45) is 0 Å². The maximum atomic E-state index is 5.91. The van der Waals surface area contributed by atoms with Crippen LogP contribution in [0.2, 0.25) is 5.02 Å². The van der Waals surface area contributed by atoms with Gasteiger partial charge in [0.25, 0.3) is 0 Å². The molecule has 1 N–H and O–H groups in total. The van der Waals surface area contributed by atoms with Crippen LogP contribution in [0.1, 0.15) is 44.0 Å². The molecule has 2 unspecified atom stereocenters. The van der Waals surface area contributed by atoms with Crippen LogP contribution >= 0.6 is 11.6 Å². The number of nitrogens with zero attached hydrogens (tertiary/aromatic N) is 2. The minimum Gasteiger partial charge on any atom is -0.304 e. The lowest BCUT2D eigenvalue weighted by Gasteiger charge is -2.19. The van der Waals surface area contributed by atoms with E-state index in [9.17, 15) is 0 Å². The lowest BCUT2D eigenvalue weighted by atomic mass is 10.1. The normalized spacial score (nSPS) is 14.3. The van der Waals surface area contributed by atoms with E-state index in [1.165, 1.54) is 11.1 Å². The molecule has 0 aliphatic rings. The quantitative estimate of drug-likeness (QED) is 0.896. The number of aryl methyl sites for hydroxylation is 1. The van der Waals surface area contributed by atoms with Gasteiger partial charge in [-0.15, -0.1) is 0 Å². The molecule has 1 heterocycles. The summed E-state index contributed by atoms with van der Waals surface area (Å²) >= 11 is 5.91. The van der Waals surface area contributed by atoms with E-state index in [0.29, 0.717) is 0 Å². The Hall–Kier alpha value is -1.32. The van der Waals surface area contributed by atoms with Gasteiger partial charge in [0.2, 0.25) is 0 Å². The van der Waals surface area contributed by atoms with Gasteiger partial charge in [-0.05, 0) is 38.5 Å². The minimum absolute atomic E-state index is 0.269. The van der Waals surface area contributed by atoms with Crippen molar-refractivity contribution in [1.29, 1.82) is 0 Å². The topological polar surface area (TPSA) is 29.9 Å². The second-order valence-corrected chi connectivity index (χ2v) is 5.23. The Morgan fingerprint density at radius 1 is 1.16 bits per heavy atom. The fraction of sp³-hybridized carbons (Fsp3) is 0.400. The first-order valence-electron chi connectivity index (χ1n) is 6.64. The van der Waals surface area contributed by atoms with E-state index < -0.39 is 0 Å². The molecule has 2 rings (SSSR count). The van der Waals surface area contributed by atoms with E-state index in [2.05, 4.69) is 49.5 Å². The third-order valence-corrected chi connectivity index (χ3v) is 3.60. The Balaban J connectivity index is 2.01. The summed E-state index contributed by atoms with van der Waals surface area (Å²) in [5.41, 5.74) is 2.45. The summed E-state index contributed by atoms with van der Waals surface area (Å²) in [5, 5.41) is 8.65. The fourth-order valence-corrected chi connectivity index (χ4v) is 2.22. The molecule has 0 amide bonds. The number of nitrogens with one attached hydrogen (secondary N) is 1. The smallest absolute Gasteiger partial charge is 0.0537 e. The van der Waals surface area contributed by atoms with Crippen LogP contribution in [0.3, 0.4) is 0 Å². The molecule has 0 aliphatic heterocycles. The van der Waals surface area contributed by atoms with Crippen LogP contribution in [0.5, 0.6) is 0 Å². The largest absolute Gasteiger partial charge is 0.304 e. The maximum Gasteiger partial charge on any atom is 0.0537 e. The lowest BCUT2D eigenvalue weighted by molar-refractivity contribution is 0.494. The van der Waals surface area contributed by atoms with Gasteiger partial charge in [0.05, 0.1) is 6.20 Å². The summed E-state index contributed by atoms with van der Waals surface area (Å²) < 4.78 is 1.94. The molecule has 19 heavy (non-hydrogen) atoms. The Bertz CT molecular complexity index is 518. The third-order valence-electron chi connectivity index (χ3n) is 3.35. The highest BCUT2D eigenvalue weighted by Gasteiger charge is 2.12. The maximum absolute atomic E-state index is 5.91. The second-order valence-electron chi connectivity index (χ2n) is 4.79. The van der Waals surface area contributed by atoms with E-state index in [1.54, 1.807) is 0 Å². The molecular formula is C15H20ClN3. The van der Waals surface area contributed by atoms with Crippen LogP contribution in [-0.2, 0) is 6.54 Å². The minimum atomic E-state index is 0.269. The van der Waals surface area contributed by atoms with Crippen molar-refractivity contribution >= 4 is 11.6 Å². The van der Waals surface area contributed by atoms with E-state index in [1.807, 2.05) is 23.0 Å². The van der Waals surface area contributed by atoms with Crippen molar-refractivity contribution in [3.8, 4) is 0 Å². The zero-order valence-electron chi connectivity index (χ0n) is 11.6. The predicted molar refractivity (Wildman–Crippen MR) is 79.3 cm³/mol. The van der Waals surface area contributed by atoms with E-state index in [-0.39, 0.29) is 12.1 Å². The highest BCUT2D eigenvalue weighted by atomic mass is 35.5. The summed E-state index contributed by atoms with van der Waals surface area (Å²) in [6.45, 7) is 7.30. The monoisotopic (exact) mass is 277 g/mol. The SMILES string of the molecule is CCn1cc(C(C)NC(C)c2ccc(Cl)cc2)cn1. The highest BCUT2D eigenvalue weighted by molar-refractivity contribution is 6.30. The van der Waals surface area contributed by atoms with Crippen LogP contribution in [0.25, 0.3) is 0 Å². The van der Waals surface area contributed by atoms with Crippen molar-refractivity contribution in [2.45, 2.75) is 39.4 Å². The van der Waals surface area contributed by atoms with Gasteiger partial charge in [0, 0.05) is 35.4 Å². The van der Waals surface area contributed by atoms with E-state index in [0.717, 1.165) is 11.6 Å². The number of halogens is 1. The van der Waals surface area contributed by atoms with Crippen LogP contribution in [0, 0.1) is 0 Å². The van der Waals surface area contributed by atoms with Crippen molar-refractivity contribution in [1.82, 2.24) is 15.1 Å². The third kappa shape index (κ3) is 3.58. The van der Waals surface area contributed by atoms with Crippen molar-refractivity contribution < 1.29 is 0 Å². The molecule has 0 radical (unpaired) electrons. The zero-order chi connectivity index (χ0) is 13.8. The van der Waals surface area contributed by atoms with Gasteiger partial charge in [0.1, 0.15) is 0 Å². The lowest BCUT2D eigenvalue weighted by Crippen LogP contribution is -2.22. The molecule has 4 heteroatoms. The van der Waals surface area contributed by atoms with E-state index >= 15 is 0 Å². The number of rotatable bonds is 5. The van der Waals surface area contributed by atoms with Gasteiger partial charge in [-0.2, -0.15) is 5.10 Å². The van der Waals surface area contributed by atoms with Gasteiger partial charge in [-0.1, -0.05) is 23.7 Å². The molecule has 0 fully saturated rings. The molecule has 2 aromatic rings. The van der Waals surface area contributed by atoms with Gasteiger partial charge < -0.3 is 5.32 Å². The van der Waals surface area contributed by atoms with Crippen molar-refractivity contribution in [3.63, 3.8) is 0 Å². The highest BCUT2D eigenvalue weighted by Crippen LogP contribution is 2.20. The molecule has 2 atom stereocenters. The molecule has 0 saturated heterocycles. The Kier molecular flexibility index (Phi) is 4.61. The van der Waals surface area contributed by atoms with Crippen LogP contribution in [-0.4, -0.2) is 9.78 Å². The summed E-state index contributed by atoms with van der Waals surface area (Å²) in [6.07, 6.45) is 4.02. The van der Waals surface area contributed by atoms with Crippen LogP contribution in [0.4, 0.5) is 0 Å². The number of hydrogen-bond donors (Lipinski definition) is 1. The molecule has 0 aliphatic carbocycles. The average Bonchev–Trinajstić information content (AvgIpc) is 2.88. The van der Waals surface area contributed by atoms with Crippen LogP contribution < -0.4 is 5.32 Å². The molecule has 1 aromatic heterocycles. The summed E-state index contributed by atoms with van der Waals surface area (Å²) in [4.78, 5) is 0. The second kappa shape index (κ2) is 6.22. The van der Waals surface area contributed by atoms with Gasteiger partial charge in [-0.25, -0.2) is 0 Å². The summed E-state index contributed by atoms with van der Waals surface area (Å²) in [6, 6.07) is 8.51. The molecule has 1 aromatic carbocycles. The fourth-order valence-electron chi connectivity index (χ4n) is 2.10. The molecule has 102 valence electrons.